The van der Waals surface area contributed by atoms with Crippen LogP contribution in [0.4, 0.5) is 0 Å². The molecule has 0 aromatic heterocycles. The van der Waals surface area contributed by atoms with Crippen LogP contribution in [-0.4, -0.2) is 14.3 Å². The summed E-state index contributed by atoms with van der Waals surface area (Å²) in [5, 5.41) is 0. The second kappa shape index (κ2) is 9.25. The minimum absolute atomic E-state index is 0.0287. The van der Waals surface area contributed by atoms with Crippen molar-refractivity contribution in [3.63, 3.8) is 0 Å². The molecular formula is C25H21NO3S. The van der Waals surface area contributed by atoms with Crippen LogP contribution in [0.25, 0.3) is 5.57 Å². The molecule has 0 heterocycles. The first-order valence-corrected chi connectivity index (χ1v) is 10.8. The maximum atomic E-state index is 13.0. The number of amides is 1. The highest BCUT2D eigenvalue weighted by molar-refractivity contribution is 7.90. The summed E-state index contributed by atoms with van der Waals surface area (Å²) in [7, 11) is -4.01. The molecule has 1 amide bonds. The highest BCUT2D eigenvalue weighted by atomic mass is 32.2. The number of nitrogens with one attached hydrogen (secondary N) is 1. The van der Waals surface area contributed by atoms with Crippen molar-refractivity contribution in [3.05, 3.63) is 107 Å². The van der Waals surface area contributed by atoms with E-state index in [1.165, 1.54) is 18.2 Å². The van der Waals surface area contributed by atoms with Gasteiger partial charge in [0.1, 0.15) is 0 Å². The van der Waals surface area contributed by atoms with Crippen LogP contribution in [0.5, 0.6) is 0 Å². The van der Waals surface area contributed by atoms with Gasteiger partial charge in [-0.1, -0.05) is 72.0 Å². The van der Waals surface area contributed by atoms with Gasteiger partial charge in [-0.3, -0.25) is 4.79 Å². The first-order valence-electron chi connectivity index (χ1n) is 9.33. The molecule has 3 aromatic carbocycles. The smallest absolute Gasteiger partial charge is 0.266 e. The van der Waals surface area contributed by atoms with Crippen molar-refractivity contribution < 1.29 is 13.2 Å². The van der Waals surface area contributed by atoms with Gasteiger partial charge in [-0.25, -0.2) is 13.1 Å². The zero-order valence-electron chi connectivity index (χ0n) is 16.7. The number of rotatable bonds is 4. The predicted molar refractivity (Wildman–Crippen MR) is 119 cm³/mol. The quantitative estimate of drug-likeness (QED) is 0.512. The Kier molecular flexibility index (Phi) is 6.51. The van der Waals surface area contributed by atoms with E-state index in [-0.39, 0.29) is 10.5 Å². The summed E-state index contributed by atoms with van der Waals surface area (Å²) in [6.07, 6.45) is 1.45. The van der Waals surface area contributed by atoms with Crippen molar-refractivity contribution >= 4 is 21.5 Å². The van der Waals surface area contributed by atoms with E-state index in [9.17, 15) is 13.2 Å². The molecule has 0 atom stereocenters. The average molecular weight is 416 g/mol. The van der Waals surface area contributed by atoms with Crippen LogP contribution in [-0.2, 0) is 14.8 Å². The fourth-order valence-electron chi connectivity index (χ4n) is 2.81. The van der Waals surface area contributed by atoms with Crippen molar-refractivity contribution in [2.75, 3.05) is 0 Å². The van der Waals surface area contributed by atoms with E-state index < -0.39 is 15.9 Å². The summed E-state index contributed by atoms with van der Waals surface area (Å²) in [6, 6.07) is 22.9. The van der Waals surface area contributed by atoms with Crippen LogP contribution < -0.4 is 4.72 Å². The molecule has 4 nitrogen and oxygen atoms in total. The van der Waals surface area contributed by atoms with Gasteiger partial charge in [0, 0.05) is 11.6 Å². The molecule has 1 N–H and O–H groups in total. The molecule has 30 heavy (non-hydrogen) atoms. The molecule has 0 fully saturated rings. The second-order valence-electron chi connectivity index (χ2n) is 6.76. The maximum absolute atomic E-state index is 13.0. The number of hydrogen-bond donors (Lipinski definition) is 1. The van der Waals surface area contributed by atoms with Crippen molar-refractivity contribution in [3.8, 4) is 11.8 Å². The van der Waals surface area contributed by atoms with Gasteiger partial charge in [-0.2, -0.15) is 0 Å². The number of carbonyl (C=O) groups excluding carboxylic acids is 1. The van der Waals surface area contributed by atoms with E-state index >= 15 is 0 Å². The molecule has 0 aliphatic heterocycles. The zero-order chi connectivity index (χ0) is 21.6. The van der Waals surface area contributed by atoms with Gasteiger partial charge in [0.25, 0.3) is 15.9 Å². The number of aryl methyl sites for hydroxylation is 2. The monoisotopic (exact) mass is 415 g/mol. The third kappa shape index (κ3) is 5.25. The molecule has 0 aliphatic rings. The Balaban J connectivity index is 1.97. The molecule has 0 saturated heterocycles. The number of hydrogen-bond acceptors (Lipinski definition) is 3. The minimum atomic E-state index is -4.01. The van der Waals surface area contributed by atoms with Gasteiger partial charge in [-0.05, 0) is 49.2 Å². The fraction of sp³-hybridized carbons (Fsp3) is 0.0800. The lowest BCUT2D eigenvalue weighted by molar-refractivity contribution is -0.114. The van der Waals surface area contributed by atoms with Gasteiger partial charge < -0.3 is 0 Å². The molecule has 0 radical (unpaired) electrons. The number of carbonyl (C=O) groups is 1. The van der Waals surface area contributed by atoms with Crippen molar-refractivity contribution in [2.24, 2.45) is 0 Å². The highest BCUT2D eigenvalue weighted by Crippen LogP contribution is 2.20. The minimum Gasteiger partial charge on any atom is -0.268 e. The Bertz CT molecular complexity index is 1250. The summed E-state index contributed by atoms with van der Waals surface area (Å²) < 4.78 is 27.5. The normalized spacial score (nSPS) is 11.3. The van der Waals surface area contributed by atoms with E-state index in [0.29, 0.717) is 5.56 Å². The van der Waals surface area contributed by atoms with Crippen molar-refractivity contribution in [1.29, 1.82) is 0 Å². The topological polar surface area (TPSA) is 63.2 Å². The third-order valence-corrected chi connectivity index (χ3v) is 5.79. The molecule has 0 bridgehead atoms. The summed E-state index contributed by atoms with van der Waals surface area (Å²) >= 11 is 0. The number of benzene rings is 3. The molecular weight excluding hydrogens is 394 g/mol. The van der Waals surface area contributed by atoms with E-state index in [4.69, 9.17) is 0 Å². The van der Waals surface area contributed by atoms with Crippen molar-refractivity contribution in [1.82, 2.24) is 4.72 Å². The molecule has 3 rings (SSSR count). The van der Waals surface area contributed by atoms with Gasteiger partial charge in [0.05, 0.1) is 10.5 Å². The number of sulfonamides is 1. The Morgan fingerprint density at radius 3 is 2.17 bits per heavy atom. The lowest BCUT2D eigenvalue weighted by atomic mass is 10.00. The molecule has 0 spiro atoms. The standard InChI is InChI=1S/C25H21NO3S/c1-19-15-17-22(18-16-19)30(28,29)26-25(27)24(23-13-7-6-9-20(23)2)14-8-12-21-10-4-3-5-11-21/h3-7,9-11,13-18H,1-2H3,(H,26,27)/b24-14+. The maximum Gasteiger partial charge on any atom is 0.266 e. The summed E-state index contributed by atoms with van der Waals surface area (Å²) in [6.45, 7) is 3.72. The van der Waals surface area contributed by atoms with E-state index in [1.54, 1.807) is 24.3 Å². The largest absolute Gasteiger partial charge is 0.268 e. The van der Waals surface area contributed by atoms with Crippen LogP contribution >= 0.6 is 0 Å². The SMILES string of the molecule is Cc1ccc(S(=O)(=O)NC(=O)/C(=C/C#Cc2ccccc2)c2ccccc2C)cc1. The number of allylic oxidation sites excluding steroid dienone is 1. The first kappa shape index (κ1) is 21.1. The molecule has 150 valence electrons. The molecule has 0 saturated carbocycles. The summed E-state index contributed by atoms with van der Waals surface area (Å²) in [5.74, 6) is 5.11. The molecule has 5 heteroatoms. The summed E-state index contributed by atoms with van der Waals surface area (Å²) in [5.41, 5.74) is 3.37. The Morgan fingerprint density at radius 2 is 1.50 bits per heavy atom. The first-order chi connectivity index (χ1) is 14.4. The highest BCUT2D eigenvalue weighted by Gasteiger charge is 2.21. The molecule has 0 unspecified atom stereocenters. The zero-order valence-corrected chi connectivity index (χ0v) is 17.5. The van der Waals surface area contributed by atoms with Gasteiger partial charge in [-0.15, -0.1) is 0 Å². The third-order valence-electron chi connectivity index (χ3n) is 4.45. The fourth-order valence-corrected chi connectivity index (χ4v) is 3.77. The Morgan fingerprint density at radius 1 is 0.867 bits per heavy atom. The predicted octanol–water partition coefficient (Wildman–Crippen LogP) is 4.24. The van der Waals surface area contributed by atoms with E-state index in [1.807, 2.05) is 56.3 Å². The summed E-state index contributed by atoms with van der Waals surface area (Å²) in [4.78, 5) is 13.0. The lowest BCUT2D eigenvalue weighted by Crippen LogP contribution is -2.31. The van der Waals surface area contributed by atoms with Crippen LogP contribution in [0.3, 0.4) is 0 Å². The van der Waals surface area contributed by atoms with Gasteiger partial charge in [0.2, 0.25) is 0 Å². The molecule has 0 aliphatic carbocycles. The second-order valence-corrected chi connectivity index (χ2v) is 8.44. The Labute approximate surface area is 177 Å². The van der Waals surface area contributed by atoms with E-state index in [0.717, 1.165) is 16.7 Å². The van der Waals surface area contributed by atoms with Crippen molar-refractivity contribution in [2.45, 2.75) is 18.7 Å². The Hall–Kier alpha value is -3.62. The van der Waals surface area contributed by atoms with E-state index in [2.05, 4.69) is 16.6 Å². The van der Waals surface area contributed by atoms with Crippen LogP contribution in [0.15, 0.2) is 89.8 Å². The van der Waals surface area contributed by atoms with Gasteiger partial charge in [0.15, 0.2) is 0 Å². The van der Waals surface area contributed by atoms with Crippen LogP contribution in [0, 0.1) is 25.7 Å². The van der Waals surface area contributed by atoms with Crippen LogP contribution in [0.2, 0.25) is 0 Å². The van der Waals surface area contributed by atoms with Crippen LogP contribution in [0.1, 0.15) is 22.3 Å². The van der Waals surface area contributed by atoms with Gasteiger partial charge >= 0.3 is 0 Å². The molecule has 3 aromatic rings. The average Bonchev–Trinajstić information content (AvgIpc) is 2.73. The lowest BCUT2D eigenvalue weighted by Gasteiger charge is -2.11.